The van der Waals surface area contributed by atoms with Crippen LogP contribution in [0.5, 0.6) is 0 Å². The summed E-state index contributed by atoms with van der Waals surface area (Å²) in [6.07, 6.45) is 9.71. The van der Waals surface area contributed by atoms with Crippen LogP contribution >= 0.6 is 0 Å². The molecule has 0 N–H and O–H groups in total. The lowest BCUT2D eigenvalue weighted by molar-refractivity contribution is 0.103. The zero-order chi connectivity index (χ0) is 27.5. The molecular formula is C33H38N4OSi. The molecule has 0 spiro atoms. The first-order chi connectivity index (χ1) is 18.6. The molecule has 2 aliphatic carbocycles. The van der Waals surface area contributed by atoms with Gasteiger partial charge >= 0.3 is 0 Å². The van der Waals surface area contributed by atoms with E-state index in [0.29, 0.717) is 23.6 Å². The van der Waals surface area contributed by atoms with E-state index in [2.05, 4.69) is 79.0 Å². The van der Waals surface area contributed by atoms with E-state index in [0.717, 1.165) is 65.3 Å². The van der Waals surface area contributed by atoms with Crippen molar-refractivity contribution in [3.05, 3.63) is 63.4 Å². The second-order valence-electron chi connectivity index (χ2n) is 13.1. The Labute approximate surface area is 234 Å². The molecule has 6 rings (SSSR count). The molecule has 0 saturated carbocycles. The number of likely N-dealkylation sites (tertiary alicyclic amines) is 1. The van der Waals surface area contributed by atoms with Gasteiger partial charge in [0.1, 0.15) is 14.1 Å². The molecule has 3 aliphatic heterocycles. The number of fused-ring (bicyclic) bond motifs is 3. The Bertz CT molecular complexity index is 1480. The lowest BCUT2D eigenvalue weighted by atomic mass is 9.67. The van der Waals surface area contributed by atoms with Crippen molar-refractivity contribution >= 4 is 25.3 Å². The van der Waals surface area contributed by atoms with Crippen LogP contribution in [0.25, 0.3) is 0 Å². The summed E-state index contributed by atoms with van der Waals surface area (Å²) in [5.74, 6) is 3.36. The maximum atomic E-state index is 14.0. The van der Waals surface area contributed by atoms with Gasteiger partial charge in [-0.15, -0.1) is 5.54 Å². The van der Waals surface area contributed by atoms with Crippen molar-refractivity contribution in [3.8, 4) is 17.5 Å². The van der Waals surface area contributed by atoms with Gasteiger partial charge in [-0.2, -0.15) is 5.26 Å². The summed E-state index contributed by atoms with van der Waals surface area (Å²) >= 11 is 0. The van der Waals surface area contributed by atoms with E-state index in [9.17, 15) is 10.1 Å². The summed E-state index contributed by atoms with van der Waals surface area (Å²) in [5, 5.41) is 10.1. The minimum Gasteiger partial charge on any atom is -0.370 e. The van der Waals surface area contributed by atoms with Gasteiger partial charge in [0.05, 0.1) is 28.2 Å². The van der Waals surface area contributed by atoms with Crippen LogP contribution in [0, 0.1) is 22.8 Å². The predicted molar refractivity (Wildman–Crippen MR) is 161 cm³/mol. The minimum absolute atomic E-state index is 0.00213. The number of ketones is 1. The highest BCUT2D eigenvalue weighted by Crippen LogP contribution is 2.47. The van der Waals surface area contributed by atoms with Crippen LogP contribution in [-0.4, -0.2) is 56.7 Å². The predicted octanol–water partition coefficient (Wildman–Crippen LogP) is 5.94. The summed E-state index contributed by atoms with van der Waals surface area (Å²) in [4.78, 5) is 24.1. The molecule has 0 radical (unpaired) electrons. The molecule has 1 aromatic carbocycles. The molecule has 0 amide bonds. The van der Waals surface area contributed by atoms with E-state index in [1.54, 1.807) is 0 Å². The first-order valence-corrected chi connectivity index (χ1v) is 18.0. The van der Waals surface area contributed by atoms with Crippen molar-refractivity contribution in [2.45, 2.75) is 77.0 Å². The smallest absolute Gasteiger partial charge is 0.195 e. The van der Waals surface area contributed by atoms with Crippen LogP contribution in [0.1, 0.15) is 67.4 Å². The fourth-order valence-electron chi connectivity index (χ4n) is 6.79. The van der Waals surface area contributed by atoms with Gasteiger partial charge in [0.25, 0.3) is 0 Å². The van der Waals surface area contributed by atoms with Crippen LogP contribution in [0.3, 0.4) is 0 Å². The van der Waals surface area contributed by atoms with Crippen molar-refractivity contribution in [2.75, 3.05) is 31.1 Å². The van der Waals surface area contributed by atoms with Gasteiger partial charge < -0.3 is 9.80 Å². The molecule has 0 bridgehead atoms. The Morgan fingerprint density at radius 1 is 1.08 bits per heavy atom. The molecule has 1 aromatic rings. The molecule has 0 aromatic heterocycles. The molecule has 2 fully saturated rings. The molecule has 200 valence electrons. The Balaban J connectivity index is 1.35. The third-order valence-corrected chi connectivity index (χ3v) is 9.81. The number of rotatable bonds is 2. The summed E-state index contributed by atoms with van der Waals surface area (Å²) < 4.78 is 0. The number of anilines is 1. The lowest BCUT2D eigenvalue weighted by Crippen LogP contribution is -2.44. The number of benzene rings is 1. The maximum Gasteiger partial charge on any atom is 0.195 e. The summed E-state index contributed by atoms with van der Waals surface area (Å²) in [6.45, 7) is 15.4. The van der Waals surface area contributed by atoms with E-state index >= 15 is 0 Å². The highest BCUT2D eigenvalue weighted by Gasteiger charge is 2.46. The van der Waals surface area contributed by atoms with Crippen LogP contribution in [0.15, 0.2) is 51.7 Å². The Morgan fingerprint density at radius 2 is 1.79 bits per heavy atom. The first kappa shape index (κ1) is 26.1. The molecular weight excluding hydrogens is 496 g/mol. The van der Waals surface area contributed by atoms with Gasteiger partial charge in [0.15, 0.2) is 5.78 Å². The van der Waals surface area contributed by atoms with Crippen molar-refractivity contribution in [2.24, 2.45) is 4.99 Å². The average molecular weight is 535 g/mol. The summed E-state index contributed by atoms with van der Waals surface area (Å²) in [5.41, 5.74) is 10.7. The van der Waals surface area contributed by atoms with Gasteiger partial charge in [-0.25, -0.2) is 0 Å². The van der Waals surface area contributed by atoms with E-state index in [4.69, 9.17) is 4.99 Å². The second kappa shape index (κ2) is 9.47. The SMILES string of the molecule is CC1(C)C2=NC3=CC(C#C[Si](C)(C)C)=CCC3=C2C(=O)c2cc(C#N)c(N3CCC(N4CCCC4)CC3)cc21. The number of allylic oxidation sites excluding steroid dienone is 5. The molecule has 6 heteroatoms. The number of hydrogen-bond acceptors (Lipinski definition) is 5. The number of nitriles is 1. The number of aliphatic imine (C=N–C) groups is 1. The number of nitrogens with zero attached hydrogens (tertiary/aromatic N) is 4. The van der Waals surface area contributed by atoms with Crippen molar-refractivity contribution in [1.29, 1.82) is 5.26 Å². The number of Topliss-reactive ketones (excluding diaryl/α,β-unsaturated/α-hetero) is 1. The Hall–Kier alpha value is -3.19. The first-order valence-electron chi connectivity index (χ1n) is 14.5. The number of carbonyl (C=O) groups is 1. The van der Waals surface area contributed by atoms with E-state index in [1.165, 1.54) is 25.9 Å². The quantitative estimate of drug-likeness (QED) is 0.348. The molecule has 2 saturated heterocycles. The second-order valence-corrected chi connectivity index (χ2v) is 17.9. The zero-order valence-corrected chi connectivity index (χ0v) is 24.9. The molecule has 3 heterocycles. The van der Waals surface area contributed by atoms with Crippen molar-refractivity contribution < 1.29 is 4.79 Å². The van der Waals surface area contributed by atoms with Crippen LogP contribution in [-0.2, 0) is 5.41 Å². The highest BCUT2D eigenvalue weighted by molar-refractivity contribution is 6.83. The van der Waals surface area contributed by atoms with Crippen LogP contribution < -0.4 is 4.90 Å². The van der Waals surface area contributed by atoms with Gasteiger partial charge in [-0.1, -0.05) is 45.5 Å². The van der Waals surface area contributed by atoms with Crippen LogP contribution in [0.2, 0.25) is 19.6 Å². The van der Waals surface area contributed by atoms with E-state index < -0.39 is 13.5 Å². The maximum absolute atomic E-state index is 14.0. The molecule has 0 atom stereocenters. The third kappa shape index (κ3) is 4.54. The summed E-state index contributed by atoms with van der Waals surface area (Å²) in [7, 11) is -1.49. The van der Waals surface area contributed by atoms with Gasteiger partial charge in [-0.05, 0) is 74.5 Å². The lowest BCUT2D eigenvalue weighted by Gasteiger charge is -2.39. The van der Waals surface area contributed by atoms with Gasteiger partial charge in [-0.3, -0.25) is 9.79 Å². The summed E-state index contributed by atoms with van der Waals surface area (Å²) in [6, 6.07) is 7.06. The van der Waals surface area contributed by atoms with Gasteiger partial charge in [0, 0.05) is 35.7 Å². The standard InChI is InChI=1S/C33H38N4OSi/c1-33(2)27-20-29(37-15-10-24(11-16-37)36-13-6-7-14-36)23(21-34)19-26(27)31(38)30-25-9-8-22(12-17-39(3,4)5)18-28(25)35-32(30)33/h8,18-20,24H,6-7,9-11,13-16H2,1-5H3. The van der Waals surface area contributed by atoms with Gasteiger partial charge in [0.2, 0.25) is 0 Å². The normalized spacial score (nSPS) is 22.7. The Morgan fingerprint density at radius 3 is 2.46 bits per heavy atom. The average Bonchev–Trinajstić information content (AvgIpc) is 3.59. The third-order valence-electron chi connectivity index (χ3n) is 8.94. The molecule has 5 aliphatic rings. The zero-order valence-electron chi connectivity index (χ0n) is 23.9. The fraction of sp³-hybridized carbons (Fsp3) is 0.485. The minimum atomic E-state index is -1.49. The van der Waals surface area contributed by atoms with Crippen molar-refractivity contribution in [3.63, 3.8) is 0 Å². The molecule has 0 unspecified atom stereocenters. The number of piperidine rings is 1. The molecule has 5 nitrogen and oxygen atoms in total. The van der Waals surface area contributed by atoms with E-state index in [1.807, 2.05) is 6.07 Å². The van der Waals surface area contributed by atoms with Crippen LogP contribution in [0.4, 0.5) is 5.69 Å². The number of hydrogen-bond donors (Lipinski definition) is 0. The number of carbonyl (C=O) groups excluding carboxylic acids is 1. The monoisotopic (exact) mass is 534 g/mol. The fourth-order valence-corrected chi connectivity index (χ4v) is 7.31. The van der Waals surface area contributed by atoms with E-state index in [-0.39, 0.29) is 5.78 Å². The van der Waals surface area contributed by atoms with Crippen molar-refractivity contribution in [1.82, 2.24) is 4.90 Å². The molecule has 39 heavy (non-hydrogen) atoms. The Kier molecular flexibility index (Phi) is 6.33. The topological polar surface area (TPSA) is 59.7 Å². The highest BCUT2D eigenvalue weighted by atomic mass is 28.3. The largest absolute Gasteiger partial charge is 0.370 e.